The summed E-state index contributed by atoms with van der Waals surface area (Å²) in [4.78, 5) is 0. The Morgan fingerprint density at radius 1 is 1.22 bits per heavy atom. The van der Waals surface area contributed by atoms with E-state index in [1.165, 1.54) is 12.8 Å². The van der Waals surface area contributed by atoms with Crippen molar-refractivity contribution in [2.24, 2.45) is 5.92 Å². The molecule has 0 aromatic heterocycles. The molecule has 0 amide bonds. The molecule has 0 spiro atoms. The van der Waals surface area contributed by atoms with Gasteiger partial charge < -0.3 is 14.6 Å². The van der Waals surface area contributed by atoms with Crippen LogP contribution < -0.4 is 0 Å². The van der Waals surface area contributed by atoms with Gasteiger partial charge in [-0.15, -0.1) is 0 Å². The minimum absolute atomic E-state index is 0.200. The summed E-state index contributed by atoms with van der Waals surface area (Å²) in [6.45, 7) is 4.27. The number of benzene rings is 1. The molecule has 1 aliphatic rings. The highest BCUT2D eigenvalue weighted by molar-refractivity contribution is 5.70. The molecule has 0 unspecified atom stereocenters. The number of aliphatic hydroxyl groups is 1. The van der Waals surface area contributed by atoms with E-state index in [2.05, 4.69) is 6.58 Å². The van der Waals surface area contributed by atoms with E-state index in [-0.39, 0.29) is 12.2 Å². The Morgan fingerprint density at radius 2 is 1.91 bits per heavy atom. The van der Waals surface area contributed by atoms with Crippen molar-refractivity contribution in [1.29, 1.82) is 0 Å². The molecule has 3 heteroatoms. The Hall–Kier alpha value is -1.16. The Balaban J connectivity index is 2.17. The second-order valence-electron chi connectivity index (χ2n) is 6.54. The molecule has 0 heterocycles. The summed E-state index contributed by atoms with van der Waals surface area (Å²) in [5, 5.41) is 11.5. The molecule has 1 N–H and O–H groups in total. The van der Waals surface area contributed by atoms with Gasteiger partial charge in [0.25, 0.3) is 0 Å². The maximum Gasteiger partial charge on any atom is 0.156 e. The van der Waals surface area contributed by atoms with Gasteiger partial charge in [-0.3, -0.25) is 0 Å². The van der Waals surface area contributed by atoms with Gasteiger partial charge in [-0.1, -0.05) is 56.2 Å². The van der Waals surface area contributed by atoms with E-state index in [1.807, 2.05) is 30.3 Å². The van der Waals surface area contributed by atoms with Gasteiger partial charge in [0, 0.05) is 14.2 Å². The fraction of sp³-hybridized carbons (Fsp3) is 0.600. The average molecular weight is 318 g/mol. The highest BCUT2D eigenvalue weighted by Crippen LogP contribution is 2.43. The van der Waals surface area contributed by atoms with E-state index in [9.17, 15) is 5.11 Å². The predicted molar refractivity (Wildman–Crippen MR) is 94.0 cm³/mol. The zero-order valence-corrected chi connectivity index (χ0v) is 14.5. The van der Waals surface area contributed by atoms with Crippen molar-refractivity contribution < 1.29 is 14.6 Å². The first-order valence-electron chi connectivity index (χ1n) is 8.64. The third-order valence-electron chi connectivity index (χ3n) is 5.21. The number of hydrogen-bond donors (Lipinski definition) is 1. The van der Waals surface area contributed by atoms with Crippen molar-refractivity contribution >= 4 is 5.57 Å². The third kappa shape index (κ3) is 4.43. The van der Waals surface area contributed by atoms with Crippen LogP contribution in [0.1, 0.15) is 50.5 Å². The quantitative estimate of drug-likeness (QED) is 0.598. The van der Waals surface area contributed by atoms with Gasteiger partial charge in [0.1, 0.15) is 0 Å². The molecular formula is C20H30O3. The molecule has 0 bridgehead atoms. The lowest BCUT2D eigenvalue weighted by Crippen LogP contribution is -2.38. The summed E-state index contributed by atoms with van der Waals surface area (Å²) in [6.07, 6.45) is 6.69. The van der Waals surface area contributed by atoms with E-state index in [0.717, 1.165) is 43.2 Å². The molecule has 2 rings (SSSR count). The van der Waals surface area contributed by atoms with Crippen LogP contribution in [0, 0.1) is 5.92 Å². The normalized spacial score (nSPS) is 25.3. The van der Waals surface area contributed by atoms with Crippen LogP contribution in [-0.4, -0.2) is 31.2 Å². The van der Waals surface area contributed by atoms with Crippen LogP contribution in [0.3, 0.4) is 0 Å². The van der Waals surface area contributed by atoms with Crippen LogP contribution in [0.5, 0.6) is 0 Å². The monoisotopic (exact) mass is 318 g/mol. The summed E-state index contributed by atoms with van der Waals surface area (Å²) >= 11 is 0. The molecule has 3 nitrogen and oxygen atoms in total. The zero-order valence-electron chi connectivity index (χ0n) is 14.5. The molecule has 1 aromatic rings. The summed E-state index contributed by atoms with van der Waals surface area (Å²) in [5.41, 5.74) is 1.07. The lowest BCUT2D eigenvalue weighted by Gasteiger charge is -2.37. The Kier molecular flexibility index (Phi) is 6.82. The second kappa shape index (κ2) is 8.62. The lowest BCUT2D eigenvalue weighted by atomic mass is 9.73. The first kappa shape index (κ1) is 18.2. The van der Waals surface area contributed by atoms with Crippen molar-refractivity contribution in [3.63, 3.8) is 0 Å². The van der Waals surface area contributed by atoms with Gasteiger partial charge in [0.05, 0.1) is 5.60 Å². The summed E-state index contributed by atoms with van der Waals surface area (Å²) in [7, 11) is 3.33. The van der Waals surface area contributed by atoms with Crippen LogP contribution in [0.4, 0.5) is 0 Å². The molecule has 1 fully saturated rings. The minimum atomic E-state index is -0.829. The van der Waals surface area contributed by atoms with Crippen molar-refractivity contribution in [3.8, 4) is 0 Å². The topological polar surface area (TPSA) is 38.7 Å². The van der Waals surface area contributed by atoms with E-state index < -0.39 is 5.60 Å². The molecule has 1 aromatic carbocycles. The SMILES string of the molecule is C=C(c1ccccc1)[C@]1(O)CCCCC[C@H]1CCC(OC)OC. The van der Waals surface area contributed by atoms with Crippen LogP contribution in [0.15, 0.2) is 36.9 Å². The van der Waals surface area contributed by atoms with Gasteiger partial charge in [0.2, 0.25) is 0 Å². The highest BCUT2D eigenvalue weighted by atomic mass is 16.7. The maximum absolute atomic E-state index is 11.5. The maximum atomic E-state index is 11.5. The summed E-state index contributed by atoms with van der Waals surface area (Å²) in [5.74, 6) is 0.200. The lowest BCUT2D eigenvalue weighted by molar-refractivity contribution is -0.112. The Bertz CT molecular complexity index is 481. The summed E-state index contributed by atoms with van der Waals surface area (Å²) < 4.78 is 10.6. The van der Waals surface area contributed by atoms with Crippen molar-refractivity contribution in [2.75, 3.05) is 14.2 Å². The molecule has 2 atom stereocenters. The molecular weight excluding hydrogens is 288 g/mol. The molecule has 0 aliphatic heterocycles. The number of methoxy groups -OCH3 is 2. The van der Waals surface area contributed by atoms with E-state index in [1.54, 1.807) is 14.2 Å². The number of rotatable bonds is 7. The van der Waals surface area contributed by atoms with Crippen LogP contribution in [0.2, 0.25) is 0 Å². The van der Waals surface area contributed by atoms with Gasteiger partial charge in [-0.2, -0.15) is 0 Å². The van der Waals surface area contributed by atoms with Crippen LogP contribution >= 0.6 is 0 Å². The largest absolute Gasteiger partial charge is 0.385 e. The van der Waals surface area contributed by atoms with Crippen LogP contribution in [-0.2, 0) is 9.47 Å². The standard InChI is InChI=1S/C20H30O3/c1-16(17-10-6-4-7-11-17)20(21)15-9-5-8-12-18(20)13-14-19(22-2)23-3/h4,6-7,10-11,18-19,21H,1,5,8-9,12-15H2,2-3H3/t18-,20+/m0/s1. The zero-order chi connectivity index (χ0) is 16.7. The van der Waals surface area contributed by atoms with Gasteiger partial charge >= 0.3 is 0 Å². The number of ether oxygens (including phenoxy) is 2. The van der Waals surface area contributed by atoms with Gasteiger partial charge in [-0.25, -0.2) is 0 Å². The Labute approximate surface area is 140 Å². The molecule has 23 heavy (non-hydrogen) atoms. The van der Waals surface area contributed by atoms with Gasteiger partial charge in [-0.05, 0) is 42.7 Å². The first-order valence-corrected chi connectivity index (χ1v) is 8.64. The van der Waals surface area contributed by atoms with Crippen molar-refractivity contribution in [1.82, 2.24) is 0 Å². The molecule has 1 aliphatic carbocycles. The second-order valence-corrected chi connectivity index (χ2v) is 6.54. The average Bonchev–Trinajstić information content (AvgIpc) is 2.78. The number of hydrogen-bond acceptors (Lipinski definition) is 3. The fourth-order valence-electron chi connectivity index (χ4n) is 3.74. The highest BCUT2D eigenvalue weighted by Gasteiger charge is 2.40. The third-order valence-corrected chi connectivity index (χ3v) is 5.21. The fourth-order valence-corrected chi connectivity index (χ4v) is 3.74. The van der Waals surface area contributed by atoms with Crippen molar-refractivity contribution in [2.45, 2.75) is 56.8 Å². The first-order chi connectivity index (χ1) is 11.1. The molecule has 0 radical (unpaired) electrons. The van der Waals surface area contributed by atoms with E-state index in [4.69, 9.17) is 9.47 Å². The molecule has 1 saturated carbocycles. The molecule has 0 saturated heterocycles. The van der Waals surface area contributed by atoms with Gasteiger partial charge in [0.15, 0.2) is 6.29 Å². The van der Waals surface area contributed by atoms with Crippen molar-refractivity contribution in [3.05, 3.63) is 42.5 Å². The smallest absolute Gasteiger partial charge is 0.156 e. The van der Waals surface area contributed by atoms with Crippen LogP contribution in [0.25, 0.3) is 5.57 Å². The minimum Gasteiger partial charge on any atom is -0.385 e. The van der Waals surface area contributed by atoms with E-state index >= 15 is 0 Å². The molecule has 128 valence electrons. The summed E-state index contributed by atoms with van der Waals surface area (Å²) in [6, 6.07) is 10.1. The van der Waals surface area contributed by atoms with E-state index in [0.29, 0.717) is 0 Å². The Morgan fingerprint density at radius 3 is 2.57 bits per heavy atom. The predicted octanol–water partition coefficient (Wildman–Crippen LogP) is 4.41.